The third-order valence-electron chi connectivity index (χ3n) is 16.0. The number of hydrogen-bond acceptors (Lipinski definition) is 15. The maximum atomic E-state index is 13.0. The smallest absolute Gasteiger partial charge is 0.462 e. The van der Waals surface area contributed by atoms with Crippen LogP contribution in [0.3, 0.4) is 0 Å². The second kappa shape index (κ2) is 61.3. The molecule has 19 heteroatoms. The molecule has 0 aliphatic carbocycles. The molecule has 0 rings (SSSR count). The monoisotopic (exact) mass is 1300 g/mol. The fraction of sp³-hybridized carbons (Fsp3) is 0.942. The lowest BCUT2D eigenvalue weighted by molar-refractivity contribution is -0.161. The highest BCUT2D eigenvalue weighted by Gasteiger charge is 2.30. The minimum atomic E-state index is -4.95. The van der Waals surface area contributed by atoms with Gasteiger partial charge in [-0.25, -0.2) is 9.13 Å². The van der Waals surface area contributed by atoms with E-state index in [4.69, 9.17) is 37.0 Å². The lowest BCUT2D eigenvalue weighted by Crippen LogP contribution is -2.30. The number of phosphoric acid groups is 2. The Bertz CT molecular complexity index is 1720. The molecule has 0 saturated carbocycles. The molecule has 3 N–H and O–H groups in total. The topological polar surface area (TPSA) is 237 Å². The maximum Gasteiger partial charge on any atom is 0.472 e. The quantitative estimate of drug-likeness (QED) is 0.0222. The predicted molar refractivity (Wildman–Crippen MR) is 354 cm³/mol. The van der Waals surface area contributed by atoms with E-state index in [0.29, 0.717) is 25.7 Å². The molecule has 17 nitrogen and oxygen atoms in total. The van der Waals surface area contributed by atoms with E-state index in [2.05, 4.69) is 41.5 Å². The van der Waals surface area contributed by atoms with Crippen LogP contribution in [-0.2, 0) is 65.4 Å². The van der Waals surface area contributed by atoms with Crippen molar-refractivity contribution in [3.63, 3.8) is 0 Å². The molecule has 0 aromatic carbocycles. The van der Waals surface area contributed by atoms with Crippen LogP contribution in [0.2, 0.25) is 0 Å². The standard InChI is InChI=1S/C69H134O17P2/c1-7-9-11-13-15-16-23-27-35-41-47-53-68(73)85-64(57-79-66(71)51-45-39-31-14-12-10-8-2)59-83-87(75,76)81-55-63(70)56-82-88(77,78)84-60-65(58-80-67(72)52-46-40-34-30-29-33-38-44-50-62(5)6)86-69(74)54-48-42-36-28-25-22-20-18-17-19-21-24-26-32-37-43-49-61(3)4/h61-65,70H,7-60H2,1-6H3,(H,75,76)(H,77,78)/t63-,64+,65+/m0/s1. The van der Waals surface area contributed by atoms with Gasteiger partial charge < -0.3 is 33.8 Å². The van der Waals surface area contributed by atoms with E-state index in [1.807, 2.05) is 0 Å². The number of carbonyl (C=O) groups excluding carboxylic acids is 4. The Morgan fingerprint density at radius 1 is 0.307 bits per heavy atom. The zero-order chi connectivity index (χ0) is 65.0. The number of phosphoric ester groups is 2. The Kier molecular flexibility index (Phi) is 59.9. The van der Waals surface area contributed by atoms with Crippen LogP contribution in [0.4, 0.5) is 0 Å². The van der Waals surface area contributed by atoms with Gasteiger partial charge in [0.2, 0.25) is 0 Å². The molecule has 5 atom stereocenters. The van der Waals surface area contributed by atoms with E-state index >= 15 is 0 Å². The SMILES string of the molecule is CCCCCCCCCCCCCC(=O)O[C@H](COC(=O)CCCCCCCCC)COP(=O)(O)OC[C@H](O)COP(=O)(O)OC[C@@H](COC(=O)CCCCCCCCCCC(C)C)OC(=O)CCCCCCCCCCCCCCCCCCC(C)C. The molecule has 0 heterocycles. The number of ether oxygens (including phenoxy) is 4. The van der Waals surface area contributed by atoms with E-state index in [1.54, 1.807) is 0 Å². The van der Waals surface area contributed by atoms with Crippen molar-refractivity contribution in [3.8, 4) is 0 Å². The Balaban J connectivity index is 5.16. The molecule has 2 unspecified atom stereocenters. The first kappa shape index (κ1) is 86.1. The van der Waals surface area contributed by atoms with Crippen molar-refractivity contribution in [2.75, 3.05) is 39.6 Å². The maximum absolute atomic E-state index is 13.0. The molecule has 0 radical (unpaired) electrons. The Labute approximate surface area is 537 Å². The molecule has 0 amide bonds. The highest BCUT2D eigenvalue weighted by atomic mass is 31.2. The first-order valence-electron chi connectivity index (χ1n) is 36.0. The fourth-order valence-corrected chi connectivity index (χ4v) is 12.0. The van der Waals surface area contributed by atoms with Gasteiger partial charge in [-0.3, -0.25) is 37.3 Å². The van der Waals surface area contributed by atoms with Gasteiger partial charge in [0.05, 0.1) is 26.4 Å². The van der Waals surface area contributed by atoms with Crippen LogP contribution < -0.4 is 0 Å². The number of aliphatic hydroxyl groups excluding tert-OH is 1. The lowest BCUT2D eigenvalue weighted by Gasteiger charge is -2.21. The number of hydrogen-bond donors (Lipinski definition) is 3. The van der Waals surface area contributed by atoms with Gasteiger partial charge in [0.1, 0.15) is 19.3 Å². The van der Waals surface area contributed by atoms with Gasteiger partial charge in [0, 0.05) is 25.7 Å². The van der Waals surface area contributed by atoms with Crippen LogP contribution in [-0.4, -0.2) is 96.7 Å². The summed E-state index contributed by atoms with van der Waals surface area (Å²) in [5.74, 6) is -0.595. The largest absolute Gasteiger partial charge is 0.472 e. The van der Waals surface area contributed by atoms with Crippen LogP contribution >= 0.6 is 15.6 Å². The number of carbonyl (C=O) groups is 4. The van der Waals surface area contributed by atoms with Gasteiger partial charge >= 0.3 is 39.5 Å². The first-order valence-corrected chi connectivity index (χ1v) is 39.0. The number of aliphatic hydroxyl groups is 1. The predicted octanol–water partition coefficient (Wildman–Crippen LogP) is 19.6. The van der Waals surface area contributed by atoms with Crippen LogP contribution in [0.15, 0.2) is 0 Å². The zero-order valence-electron chi connectivity index (χ0n) is 57.0. The van der Waals surface area contributed by atoms with Gasteiger partial charge in [-0.05, 0) is 37.5 Å². The molecular formula is C69H134O17P2. The van der Waals surface area contributed by atoms with Crippen molar-refractivity contribution in [1.29, 1.82) is 0 Å². The molecule has 88 heavy (non-hydrogen) atoms. The van der Waals surface area contributed by atoms with Crippen molar-refractivity contribution in [2.24, 2.45) is 11.8 Å². The minimum absolute atomic E-state index is 0.106. The summed E-state index contributed by atoms with van der Waals surface area (Å²) in [6.45, 7) is 9.49. The summed E-state index contributed by atoms with van der Waals surface area (Å²) in [5.41, 5.74) is 0. The van der Waals surface area contributed by atoms with E-state index < -0.39 is 97.5 Å². The number of esters is 4. The van der Waals surface area contributed by atoms with Crippen molar-refractivity contribution < 1.29 is 80.2 Å². The van der Waals surface area contributed by atoms with Crippen LogP contribution in [0.1, 0.15) is 350 Å². The van der Waals surface area contributed by atoms with Gasteiger partial charge in [-0.15, -0.1) is 0 Å². The van der Waals surface area contributed by atoms with E-state index in [1.165, 1.54) is 154 Å². The third kappa shape index (κ3) is 62.8. The summed E-state index contributed by atoms with van der Waals surface area (Å²) < 4.78 is 68.1. The first-order chi connectivity index (χ1) is 42.4. The summed E-state index contributed by atoms with van der Waals surface area (Å²) in [5, 5.41) is 10.6. The second-order valence-electron chi connectivity index (χ2n) is 25.9. The summed E-state index contributed by atoms with van der Waals surface area (Å²) in [6.07, 6.45) is 46.0. The minimum Gasteiger partial charge on any atom is -0.462 e. The normalized spacial score (nSPS) is 14.2. The molecule has 0 aromatic rings. The molecule has 0 fully saturated rings. The number of rotatable bonds is 68. The lowest BCUT2D eigenvalue weighted by atomic mass is 10.0. The molecule has 0 aromatic heterocycles. The van der Waals surface area contributed by atoms with Crippen LogP contribution in [0, 0.1) is 11.8 Å². The van der Waals surface area contributed by atoms with Crippen molar-refractivity contribution in [3.05, 3.63) is 0 Å². The van der Waals surface area contributed by atoms with Crippen molar-refractivity contribution in [2.45, 2.75) is 368 Å². The van der Waals surface area contributed by atoms with Crippen molar-refractivity contribution in [1.82, 2.24) is 0 Å². The fourth-order valence-electron chi connectivity index (χ4n) is 10.4. The summed E-state index contributed by atoms with van der Waals surface area (Å²) in [6, 6.07) is 0. The zero-order valence-corrected chi connectivity index (χ0v) is 58.8. The molecule has 0 aliphatic heterocycles. The summed E-state index contributed by atoms with van der Waals surface area (Å²) >= 11 is 0. The average molecular weight is 1300 g/mol. The van der Waals surface area contributed by atoms with E-state index in [9.17, 15) is 43.2 Å². The van der Waals surface area contributed by atoms with Gasteiger partial charge in [-0.1, -0.05) is 298 Å². The molecule has 0 aliphatic rings. The summed E-state index contributed by atoms with van der Waals surface area (Å²) in [4.78, 5) is 72.3. The molecule has 0 saturated heterocycles. The molecule has 0 spiro atoms. The number of unbranched alkanes of at least 4 members (excludes halogenated alkanes) is 38. The Hall–Kier alpha value is -1.94. The Morgan fingerprint density at radius 2 is 0.523 bits per heavy atom. The molecular weight excluding hydrogens is 1160 g/mol. The molecule has 522 valence electrons. The van der Waals surface area contributed by atoms with Gasteiger partial charge in [-0.2, -0.15) is 0 Å². The summed E-state index contributed by atoms with van der Waals surface area (Å²) in [7, 11) is -9.89. The van der Waals surface area contributed by atoms with Gasteiger partial charge in [0.15, 0.2) is 12.2 Å². The van der Waals surface area contributed by atoms with Crippen LogP contribution in [0.5, 0.6) is 0 Å². The van der Waals surface area contributed by atoms with E-state index in [0.717, 1.165) is 115 Å². The van der Waals surface area contributed by atoms with E-state index in [-0.39, 0.29) is 25.7 Å². The highest BCUT2D eigenvalue weighted by molar-refractivity contribution is 7.47. The average Bonchev–Trinajstić information content (AvgIpc) is 3.65. The van der Waals surface area contributed by atoms with Gasteiger partial charge in [0.25, 0.3) is 0 Å². The van der Waals surface area contributed by atoms with Crippen LogP contribution in [0.25, 0.3) is 0 Å². The highest BCUT2D eigenvalue weighted by Crippen LogP contribution is 2.45. The Morgan fingerprint density at radius 3 is 0.773 bits per heavy atom. The molecule has 0 bridgehead atoms. The third-order valence-corrected chi connectivity index (χ3v) is 17.9. The second-order valence-corrected chi connectivity index (χ2v) is 28.8. The van der Waals surface area contributed by atoms with Crippen molar-refractivity contribution >= 4 is 39.5 Å².